The maximum Gasteiger partial charge on any atom is 0.226 e. The van der Waals surface area contributed by atoms with Crippen LogP contribution in [0, 0.1) is 11.8 Å². The molecule has 5 nitrogen and oxygen atoms in total. The summed E-state index contributed by atoms with van der Waals surface area (Å²) in [6.45, 7) is 12.4. The summed E-state index contributed by atoms with van der Waals surface area (Å²) in [6, 6.07) is 0. The lowest BCUT2D eigenvalue weighted by Gasteiger charge is -2.27. The van der Waals surface area contributed by atoms with Gasteiger partial charge in [-0.1, -0.05) is 6.92 Å². The number of hydrogen-bond donors (Lipinski definition) is 2. The second kappa shape index (κ2) is 7.38. The molecule has 20 heavy (non-hydrogen) atoms. The monoisotopic (exact) mass is 283 g/mol. The number of ether oxygens (including phenoxy) is 1. The highest BCUT2D eigenvalue weighted by atomic mass is 16.5. The molecule has 0 radical (unpaired) electrons. The maximum absolute atomic E-state index is 12.2. The van der Waals surface area contributed by atoms with E-state index in [4.69, 9.17) is 4.74 Å². The van der Waals surface area contributed by atoms with Gasteiger partial charge in [0.2, 0.25) is 5.91 Å². The zero-order chi connectivity index (χ0) is 14.5. The van der Waals surface area contributed by atoms with Crippen LogP contribution in [0.25, 0.3) is 0 Å². The molecule has 0 aromatic rings. The van der Waals surface area contributed by atoms with Crippen molar-refractivity contribution in [2.45, 2.75) is 39.4 Å². The van der Waals surface area contributed by atoms with Gasteiger partial charge in [0, 0.05) is 32.7 Å². The van der Waals surface area contributed by atoms with Crippen molar-refractivity contribution >= 4 is 5.91 Å². The fourth-order valence-electron chi connectivity index (χ4n) is 3.29. The first-order valence-corrected chi connectivity index (χ1v) is 7.96. The summed E-state index contributed by atoms with van der Waals surface area (Å²) in [5.74, 6) is 0.469. The second-order valence-electron chi connectivity index (χ2n) is 6.17. The number of rotatable bonds is 5. The van der Waals surface area contributed by atoms with Crippen LogP contribution >= 0.6 is 0 Å². The molecule has 0 bridgehead atoms. The number of carbonyl (C=O) groups is 1. The summed E-state index contributed by atoms with van der Waals surface area (Å²) in [5.41, 5.74) is 0. The van der Waals surface area contributed by atoms with Crippen molar-refractivity contribution in [3.05, 3.63) is 0 Å². The molecule has 0 spiro atoms. The third kappa shape index (κ3) is 3.93. The predicted octanol–water partition coefficient (Wildman–Crippen LogP) is 0.457. The molecular weight excluding hydrogens is 254 g/mol. The summed E-state index contributed by atoms with van der Waals surface area (Å²) in [7, 11) is 0. The van der Waals surface area contributed by atoms with E-state index in [-0.39, 0.29) is 24.0 Å². The summed E-state index contributed by atoms with van der Waals surface area (Å²) < 4.78 is 5.73. The highest BCUT2D eigenvalue weighted by Crippen LogP contribution is 2.32. The fourth-order valence-corrected chi connectivity index (χ4v) is 3.29. The van der Waals surface area contributed by atoms with Gasteiger partial charge in [-0.15, -0.1) is 0 Å². The third-order valence-electron chi connectivity index (χ3n) is 4.70. The first kappa shape index (κ1) is 15.7. The van der Waals surface area contributed by atoms with E-state index in [0.717, 1.165) is 45.7 Å². The highest BCUT2D eigenvalue weighted by Gasteiger charge is 2.41. The van der Waals surface area contributed by atoms with Crippen LogP contribution < -0.4 is 10.6 Å². The zero-order valence-corrected chi connectivity index (χ0v) is 13.0. The van der Waals surface area contributed by atoms with Crippen LogP contribution in [-0.2, 0) is 9.53 Å². The minimum atomic E-state index is 0.00388. The second-order valence-corrected chi connectivity index (χ2v) is 6.17. The molecule has 0 aromatic carbocycles. The number of hydrogen-bond acceptors (Lipinski definition) is 4. The van der Waals surface area contributed by atoms with Gasteiger partial charge < -0.3 is 20.3 Å². The van der Waals surface area contributed by atoms with Crippen molar-refractivity contribution in [3.63, 3.8) is 0 Å². The Bertz CT molecular complexity index is 318. The van der Waals surface area contributed by atoms with Crippen LogP contribution in [0.5, 0.6) is 0 Å². The van der Waals surface area contributed by atoms with Gasteiger partial charge >= 0.3 is 0 Å². The molecular formula is C15H29N3O2. The van der Waals surface area contributed by atoms with Crippen LogP contribution in [0.4, 0.5) is 0 Å². The fraction of sp³-hybridized carbons (Fsp3) is 0.933. The summed E-state index contributed by atoms with van der Waals surface area (Å²) in [5, 5.41) is 6.43. The molecule has 2 fully saturated rings. The molecule has 2 aliphatic rings. The van der Waals surface area contributed by atoms with Gasteiger partial charge in [-0.2, -0.15) is 0 Å². The Morgan fingerprint density at radius 1 is 1.25 bits per heavy atom. The summed E-state index contributed by atoms with van der Waals surface area (Å²) in [6.07, 6.45) is 1.24. The highest BCUT2D eigenvalue weighted by molar-refractivity contribution is 5.79. The maximum atomic E-state index is 12.2. The van der Waals surface area contributed by atoms with E-state index in [0.29, 0.717) is 5.92 Å². The van der Waals surface area contributed by atoms with E-state index < -0.39 is 0 Å². The molecule has 4 atom stereocenters. The van der Waals surface area contributed by atoms with Crippen LogP contribution in [0.2, 0.25) is 0 Å². The smallest absolute Gasteiger partial charge is 0.226 e. The lowest BCUT2D eigenvalue weighted by atomic mass is 9.89. The standard InChI is InChI=1S/C15H29N3O2/c1-11-12(2)20-13(3)14(11)15(19)17-5-4-8-18-9-6-16-7-10-18/h11-14,16H,4-10H2,1-3H3,(H,17,19). The van der Waals surface area contributed by atoms with Crippen LogP contribution in [0.1, 0.15) is 27.2 Å². The lowest BCUT2D eigenvalue weighted by molar-refractivity contribution is -0.127. The Kier molecular flexibility index (Phi) is 5.81. The van der Waals surface area contributed by atoms with Gasteiger partial charge in [0.25, 0.3) is 0 Å². The minimum absolute atomic E-state index is 0.00388. The molecule has 1 amide bonds. The number of carbonyl (C=O) groups excluding carboxylic acids is 1. The molecule has 2 heterocycles. The molecule has 2 N–H and O–H groups in total. The van der Waals surface area contributed by atoms with Crippen molar-refractivity contribution in [1.29, 1.82) is 0 Å². The van der Waals surface area contributed by atoms with E-state index in [1.54, 1.807) is 0 Å². The molecule has 2 saturated heterocycles. The van der Waals surface area contributed by atoms with Crippen molar-refractivity contribution < 1.29 is 9.53 Å². The normalized spacial score (nSPS) is 35.1. The Morgan fingerprint density at radius 3 is 2.55 bits per heavy atom. The van der Waals surface area contributed by atoms with E-state index in [9.17, 15) is 4.79 Å². The lowest BCUT2D eigenvalue weighted by Crippen LogP contribution is -2.44. The van der Waals surface area contributed by atoms with E-state index in [1.807, 2.05) is 6.92 Å². The van der Waals surface area contributed by atoms with Gasteiger partial charge in [-0.25, -0.2) is 0 Å². The van der Waals surface area contributed by atoms with Gasteiger partial charge in [0.1, 0.15) is 0 Å². The Labute approximate surface area is 122 Å². The molecule has 2 rings (SSSR count). The number of piperazine rings is 1. The van der Waals surface area contributed by atoms with E-state index in [2.05, 4.69) is 29.4 Å². The van der Waals surface area contributed by atoms with Gasteiger partial charge in [0.15, 0.2) is 0 Å². The first-order chi connectivity index (χ1) is 9.59. The van der Waals surface area contributed by atoms with Gasteiger partial charge in [-0.05, 0) is 32.7 Å². The van der Waals surface area contributed by atoms with Crippen LogP contribution in [0.15, 0.2) is 0 Å². The minimum Gasteiger partial charge on any atom is -0.374 e. The number of amides is 1. The van der Waals surface area contributed by atoms with E-state index in [1.165, 1.54) is 0 Å². The molecule has 2 aliphatic heterocycles. The molecule has 0 saturated carbocycles. The van der Waals surface area contributed by atoms with Gasteiger partial charge in [0.05, 0.1) is 18.1 Å². The van der Waals surface area contributed by atoms with Crippen LogP contribution in [-0.4, -0.2) is 62.3 Å². The molecule has 0 aliphatic carbocycles. The van der Waals surface area contributed by atoms with Crippen molar-refractivity contribution in [1.82, 2.24) is 15.5 Å². The van der Waals surface area contributed by atoms with Crippen molar-refractivity contribution in [2.75, 3.05) is 39.3 Å². The Balaban J connectivity index is 1.64. The molecule has 4 unspecified atom stereocenters. The van der Waals surface area contributed by atoms with Gasteiger partial charge in [-0.3, -0.25) is 4.79 Å². The summed E-state index contributed by atoms with van der Waals surface area (Å²) in [4.78, 5) is 14.7. The average molecular weight is 283 g/mol. The quantitative estimate of drug-likeness (QED) is 0.720. The van der Waals surface area contributed by atoms with Crippen molar-refractivity contribution in [3.8, 4) is 0 Å². The topological polar surface area (TPSA) is 53.6 Å². The summed E-state index contributed by atoms with van der Waals surface area (Å²) >= 11 is 0. The zero-order valence-electron chi connectivity index (χ0n) is 13.0. The molecule has 116 valence electrons. The third-order valence-corrected chi connectivity index (χ3v) is 4.70. The largest absolute Gasteiger partial charge is 0.374 e. The average Bonchev–Trinajstić information content (AvgIpc) is 2.69. The predicted molar refractivity (Wildman–Crippen MR) is 79.6 cm³/mol. The first-order valence-electron chi connectivity index (χ1n) is 7.96. The number of nitrogens with zero attached hydrogens (tertiary/aromatic N) is 1. The Morgan fingerprint density at radius 2 is 1.95 bits per heavy atom. The van der Waals surface area contributed by atoms with Crippen LogP contribution in [0.3, 0.4) is 0 Å². The molecule has 0 aromatic heterocycles. The SMILES string of the molecule is CC1OC(C)C(C(=O)NCCCN2CCNCC2)C1C. The van der Waals surface area contributed by atoms with Crippen molar-refractivity contribution in [2.24, 2.45) is 11.8 Å². The number of nitrogens with one attached hydrogen (secondary N) is 2. The molecule has 5 heteroatoms. The van der Waals surface area contributed by atoms with E-state index >= 15 is 0 Å². The Hall–Kier alpha value is -0.650.